The first-order chi connectivity index (χ1) is 10.7. The number of Topliss-reactive ketones (excluding diaryl/α,β-unsaturated/α-hetero) is 1. The van der Waals surface area contributed by atoms with E-state index in [0.717, 1.165) is 22.9 Å². The smallest absolute Gasteiger partial charge is 0.377 e. The van der Waals surface area contributed by atoms with Gasteiger partial charge in [-0.25, -0.2) is 13.6 Å². The number of carbonyl (C=O) groups is 3. The van der Waals surface area contributed by atoms with Crippen LogP contribution >= 0.6 is 11.6 Å². The zero-order valence-corrected chi connectivity index (χ0v) is 12.3. The van der Waals surface area contributed by atoms with E-state index in [1.165, 1.54) is 13.1 Å². The molecule has 24 heavy (non-hydrogen) atoms. The molecule has 2 aromatic rings. The Morgan fingerprint density at radius 3 is 2.42 bits per heavy atom. The van der Waals surface area contributed by atoms with E-state index in [2.05, 4.69) is 5.32 Å². The molecule has 0 aliphatic carbocycles. The van der Waals surface area contributed by atoms with Gasteiger partial charge in [-0.15, -0.1) is 0 Å². The first-order valence-electron chi connectivity index (χ1n) is 6.11. The number of nitrogens with zero attached hydrogens (tertiary/aromatic N) is 1. The Hall–Kier alpha value is -2.74. The molecule has 1 aromatic heterocycles. The molecule has 128 valence electrons. The number of ketones is 1. The highest BCUT2D eigenvalue weighted by atomic mass is 35.5. The third-order valence-corrected chi connectivity index (χ3v) is 3.24. The number of hydrogen-bond acceptors (Lipinski definition) is 3. The van der Waals surface area contributed by atoms with Crippen molar-refractivity contribution in [3.8, 4) is 0 Å². The van der Waals surface area contributed by atoms with E-state index in [1.54, 1.807) is 0 Å². The van der Waals surface area contributed by atoms with Crippen molar-refractivity contribution < 1.29 is 28.3 Å². The first-order valence-corrected chi connectivity index (χ1v) is 6.49. The lowest BCUT2D eigenvalue weighted by molar-refractivity contribution is -0.131. The summed E-state index contributed by atoms with van der Waals surface area (Å²) in [5.41, 5.74) is -1.18. The molecule has 9 heteroatoms. The van der Waals surface area contributed by atoms with Crippen LogP contribution in [0.2, 0.25) is 5.02 Å². The van der Waals surface area contributed by atoms with Gasteiger partial charge >= 0.3 is 5.97 Å². The van der Waals surface area contributed by atoms with Crippen molar-refractivity contribution in [2.75, 3.05) is 5.32 Å². The van der Waals surface area contributed by atoms with Crippen LogP contribution in [0.5, 0.6) is 0 Å². The van der Waals surface area contributed by atoms with Gasteiger partial charge in [-0.1, -0.05) is 19.0 Å². The number of carboxylic acid groups (broad SMARTS) is 1. The standard InChI is InChI=1S/C14H9ClF2N2O4.CH4/c1-19-5-7(12(20)14(22)23)10(17)11(19)13(21)18-6-2-3-9(16)8(15)4-6;/h2-5H,1H3,(H,18,21)(H,22,23);1H4. The summed E-state index contributed by atoms with van der Waals surface area (Å²) in [7, 11) is 1.27. The molecule has 0 fully saturated rings. The number of anilines is 1. The van der Waals surface area contributed by atoms with Crippen molar-refractivity contribution in [2.24, 2.45) is 7.05 Å². The summed E-state index contributed by atoms with van der Waals surface area (Å²) in [4.78, 5) is 34.1. The van der Waals surface area contributed by atoms with E-state index in [9.17, 15) is 23.2 Å². The maximum atomic E-state index is 14.1. The summed E-state index contributed by atoms with van der Waals surface area (Å²) >= 11 is 5.57. The van der Waals surface area contributed by atoms with Gasteiger partial charge in [-0.2, -0.15) is 0 Å². The van der Waals surface area contributed by atoms with Crippen molar-refractivity contribution in [3.05, 3.63) is 52.3 Å². The van der Waals surface area contributed by atoms with Gasteiger partial charge in [0.25, 0.3) is 11.7 Å². The van der Waals surface area contributed by atoms with Gasteiger partial charge in [-0.3, -0.25) is 9.59 Å². The van der Waals surface area contributed by atoms with E-state index in [-0.39, 0.29) is 18.1 Å². The normalized spacial score (nSPS) is 10.0. The molecule has 0 aliphatic rings. The minimum Gasteiger partial charge on any atom is -0.475 e. The molecular formula is C15H13ClF2N2O4. The fourth-order valence-corrected chi connectivity index (χ4v) is 2.08. The van der Waals surface area contributed by atoms with Gasteiger partial charge in [0.05, 0.1) is 10.6 Å². The van der Waals surface area contributed by atoms with E-state index >= 15 is 0 Å². The van der Waals surface area contributed by atoms with Gasteiger partial charge < -0.3 is 15.0 Å². The average molecular weight is 359 g/mol. The second-order valence-electron chi connectivity index (χ2n) is 4.53. The quantitative estimate of drug-likeness (QED) is 0.649. The van der Waals surface area contributed by atoms with Gasteiger partial charge in [0.2, 0.25) is 0 Å². The lowest BCUT2D eigenvalue weighted by atomic mass is 10.2. The predicted molar refractivity (Wildman–Crippen MR) is 83.4 cm³/mol. The Balaban J connectivity index is 0.00000288. The van der Waals surface area contributed by atoms with Gasteiger partial charge in [0, 0.05) is 18.9 Å². The zero-order chi connectivity index (χ0) is 17.3. The number of amides is 1. The lowest BCUT2D eigenvalue weighted by Gasteiger charge is -2.07. The second kappa shape index (κ2) is 7.22. The molecule has 1 aromatic carbocycles. The van der Waals surface area contributed by atoms with Crippen LogP contribution in [-0.2, 0) is 11.8 Å². The number of aromatic nitrogens is 1. The van der Waals surface area contributed by atoms with Crippen molar-refractivity contribution in [3.63, 3.8) is 0 Å². The lowest BCUT2D eigenvalue weighted by Crippen LogP contribution is -2.18. The molecule has 0 bridgehead atoms. The summed E-state index contributed by atoms with van der Waals surface area (Å²) in [6.07, 6.45) is 0.901. The third-order valence-electron chi connectivity index (χ3n) is 2.95. The van der Waals surface area contributed by atoms with Crippen LogP contribution in [0.4, 0.5) is 14.5 Å². The zero-order valence-electron chi connectivity index (χ0n) is 11.6. The number of carbonyl (C=O) groups excluding carboxylic acids is 2. The molecule has 1 amide bonds. The number of nitrogens with one attached hydrogen (secondary N) is 1. The van der Waals surface area contributed by atoms with Crippen LogP contribution in [0, 0.1) is 11.6 Å². The Labute approximate surface area is 140 Å². The van der Waals surface area contributed by atoms with Crippen molar-refractivity contribution >= 4 is 34.9 Å². The molecule has 0 unspecified atom stereocenters. The molecular weight excluding hydrogens is 346 g/mol. The maximum Gasteiger partial charge on any atom is 0.377 e. The molecule has 0 spiro atoms. The third kappa shape index (κ3) is 3.60. The molecule has 2 rings (SSSR count). The van der Waals surface area contributed by atoms with Crippen molar-refractivity contribution in [1.29, 1.82) is 0 Å². The Morgan fingerprint density at radius 2 is 1.88 bits per heavy atom. The van der Waals surface area contributed by atoms with Gasteiger partial charge in [0.1, 0.15) is 11.5 Å². The van der Waals surface area contributed by atoms with E-state index in [0.29, 0.717) is 0 Å². The van der Waals surface area contributed by atoms with Crippen LogP contribution in [0.3, 0.4) is 0 Å². The Morgan fingerprint density at radius 1 is 1.25 bits per heavy atom. The number of halogens is 3. The molecule has 0 radical (unpaired) electrons. The number of carboxylic acids is 1. The van der Waals surface area contributed by atoms with Crippen LogP contribution in [-0.4, -0.2) is 27.3 Å². The van der Waals surface area contributed by atoms with Crippen LogP contribution in [0.15, 0.2) is 24.4 Å². The molecule has 2 N–H and O–H groups in total. The van der Waals surface area contributed by atoms with Crippen LogP contribution < -0.4 is 5.32 Å². The first kappa shape index (κ1) is 19.3. The largest absolute Gasteiger partial charge is 0.475 e. The van der Waals surface area contributed by atoms with E-state index in [1.807, 2.05) is 0 Å². The highest BCUT2D eigenvalue weighted by molar-refractivity contribution is 6.40. The van der Waals surface area contributed by atoms with Crippen molar-refractivity contribution in [1.82, 2.24) is 4.57 Å². The minimum absolute atomic E-state index is 0. The average Bonchev–Trinajstić information content (AvgIpc) is 2.77. The summed E-state index contributed by atoms with van der Waals surface area (Å²) in [5.74, 6) is -6.21. The molecule has 6 nitrogen and oxygen atoms in total. The molecule has 0 saturated heterocycles. The van der Waals surface area contributed by atoms with E-state index in [4.69, 9.17) is 16.7 Å². The summed E-state index contributed by atoms with van der Waals surface area (Å²) < 4.78 is 28.2. The SMILES string of the molecule is C.Cn1cc(C(=O)C(=O)O)c(F)c1C(=O)Nc1ccc(F)c(Cl)c1. The topological polar surface area (TPSA) is 88.4 Å². The molecule has 1 heterocycles. The van der Waals surface area contributed by atoms with Gasteiger partial charge in [0.15, 0.2) is 5.82 Å². The van der Waals surface area contributed by atoms with Crippen LogP contribution in [0.1, 0.15) is 28.3 Å². The minimum atomic E-state index is -1.84. The second-order valence-corrected chi connectivity index (χ2v) is 4.94. The summed E-state index contributed by atoms with van der Waals surface area (Å²) in [6, 6.07) is 3.35. The predicted octanol–water partition coefficient (Wildman–Crippen LogP) is 3.11. The molecule has 0 aliphatic heterocycles. The summed E-state index contributed by atoms with van der Waals surface area (Å²) in [5, 5.41) is 10.7. The monoisotopic (exact) mass is 358 g/mol. The summed E-state index contributed by atoms with van der Waals surface area (Å²) in [6.45, 7) is 0. The number of hydrogen-bond donors (Lipinski definition) is 2. The molecule has 0 saturated carbocycles. The van der Waals surface area contributed by atoms with Crippen LogP contribution in [0.25, 0.3) is 0 Å². The Kier molecular flexibility index (Phi) is 5.81. The van der Waals surface area contributed by atoms with Crippen molar-refractivity contribution in [2.45, 2.75) is 7.43 Å². The fraction of sp³-hybridized carbons (Fsp3) is 0.133. The fourth-order valence-electron chi connectivity index (χ4n) is 1.89. The number of aryl methyl sites for hydroxylation is 1. The van der Waals surface area contributed by atoms with Gasteiger partial charge in [-0.05, 0) is 18.2 Å². The number of rotatable bonds is 4. The maximum absolute atomic E-state index is 14.1. The van der Waals surface area contributed by atoms with E-state index < -0.39 is 40.6 Å². The highest BCUT2D eigenvalue weighted by Gasteiger charge is 2.27. The Bertz CT molecular complexity index is 833. The highest BCUT2D eigenvalue weighted by Crippen LogP contribution is 2.21. The number of benzene rings is 1. The molecule has 0 atom stereocenters. The number of aliphatic carboxylic acids is 1.